The SMILES string of the molecule is CCO[Si](Cc1ccc(C)c(OC)c1OC)(OCC)OCC. The number of aryl methyl sites for hydroxylation is 1. The van der Waals surface area contributed by atoms with Crippen molar-refractivity contribution in [2.24, 2.45) is 0 Å². The molecule has 0 amide bonds. The highest BCUT2D eigenvalue weighted by Gasteiger charge is 2.41. The highest BCUT2D eigenvalue weighted by molar-refractivity contribution is 6.60. The van der Waals surface area contributed by atoms with E-state index in [0.717, 1.165) is 22.6 Å². The fourth-order valence-corrected chi connectivity index (χ4v) is 5.11. The molecule has 0 atom stereocenters. The molecule has 0 fully saturated rings. The number of ether oxygens (including phenoxy) is 2. The van der Waals surface area contributed by atoms with Gasteiger partial charge in [0.25, 0.3) is 0 Å². The maximum absolute atomic E-state index is 5.92. The Hall–Kier alpha value is -1.08. The highest BCUT2D eigenvalue weighted by atomic mass is 28.4. The molecule has 5 nitrogen and oxygen atoms in total. The van der Waals surface area contributed by atoms with Gasteiger partial charge in [-0.1, -0.05) is 12.1 Å². The van der Waals surface area contributed by atoms with Crippen LogP contribution in [0.25, 0.3) is 0 Å². The van der Waals surface area contributed by atoms with Gasteiger partial charge < -0.3 is 22.8 Å². The molecule has 0 aliphatic heterocycles. The second-order valence-electron chi connectivity index (χ2n) is 4.77. The molecule has 0 saturated carbocycles. The molecular weight excluding hydrogens is 300 g/mol. The summed E-state index contributed by atoms with van der Waals surface area (Å²) in [5, 5.41) is 0. The quantitative estimate of drug-likeness (QED) is 0.618. The minimum atomic E-state index is -2.77. The summed E-state index contributed by atoms with van der Waals surface area (Å²) in [6.45, 7) is 9.50. The summed E-state index contributed by atoms with van der Waals surface area (Å²) in [5.74, 6) is 1.46. The zero-order chi connectivity index (χ0) is 16.6. The fraction of sp³-hybridized carbons (Fsp3) is 0.625. The number of rotatable bonds is 10. The lowest BCUT2D eigenvalue weighted by Crippen LogP contribution is -2.48. The first-order valence-electron chi connectivity index (χ1n) is 7.69. The maximum atomic E-state index is 5.92. The van der Waals surface area contributed by atoms with Gasteiger partial charge in [0.15, 0.2) is 11.5 Å². The number of benzene rings is 1. The molecule has 1 rings (SSSR count). The lowest BCUT2D eigenvalue weighted by molar-refractivity contribution is 0.0702. The average Bonchev–Trinajstić information content (AvgIpc) is 2.49. The van der Waals surface area contributed by atoms with Gasteiger partial charge in [0.1, 0.15) is 0 Å². The molecule has 0 unspecified atom stereocenters. The summed E-state index contributed by atoms with van der Waals surface area (Å²) in [5.41, 5.74) is 2.01. The van der Waals surface area contributed by atoms with Crippen molar-refractivity contribution in [2.75, 3.05) is 34.0 Å². The van der Waals surface area contributed by atoms with Crippen LogP contribution in [0.3, 0.4) is 0 Å². The van der Waals surface area contributed by atoms with E-state index >= 15 is 0 Å². The van der Waals surface area contributed by atoms with Crippen molar-refractivity contribution in [3.63, 3.8) is 0 Å². The molecule has 0 aromatic heterocycles. The molecule has 0 spiro atoms. The van der Waals surface area contributed by atoms with Gasteiger partial charge in [0, 0.05) is 31.4 Å². The molecule has 0 N–H and O–H groups in total. The largest absolute Gasteiger partial charge is 0.505 e. The van der Waals surface area contributed by atoms with Gasteiger partial charge in [-0.05, 0) is 33.3 Å². The Balaban J connectivity index is 3.21. The maximum Gasteiger partial charge on any atom is 0.505 e. The second-order valence-corrected chi connectivity index (χ2v) is 7.35. The van der Waals surface area contributed by atoms with Crippen LogP contribution in [0, 0.1) is 6.92 Å². The number of methoxy groups -OCH3 is 2. The Morgan fingerprint density at radius 2 is 1.32 bits per heavy atom. The predicted octanol–water partition coefficient (Wildman–Crippen LogP) is 3.14. The smallest absolute Gasteiger partial charge is 0.493 e. The van der Waals surface area contributed by atoms with Gasteiger partial charge in [0.05, 0.1) is 14.2 Å². The van der Waals surface area contributed by atoms with Gasteiger partial charge in [0.2, 0.25) is 0 Å². The first kappa shape index (κ1) is 19.0. The number of hydrogen-bond donors (Lipinski definition) is 0. The van der Waals surface area contributed by atoms with Crippen molar-refractivity contribution in [1.82, 2.24) is 0 Å². The minimum Gasteiger partial charge on any atom is -0.493 e. The zero-order valence-electron chi connectivity index (χ0n) is 14.5. The minimum absolute atomic E-state index is 0.553. The van der Waals surface area contributed by atoms with Gasteiger partial charge in [-0.2, -0.15) is 0 Å². The zero-order valence-corrected chi connectivity index (χ0v) is 15.5. The lowest BCUT2D eigenvalue weighted by atomic mass is 10.1. The Bertz CT molecular complexity index is 447. The highest BCUT2D eigenvalue weighted by Crippen LogP contribution is 2.36. The summed E-state index contributed by atoms with van der Waals surface area (Å²) < 4.78 is 28.8. The van der Waals surface area contributed by atoms with Crippen LogP contribution in [-0.4, -0.2) is 42.8 Å². The third-order valence-electron chi connectivity index (χ3n) is 3.30. The van der Waals surface area contributed by atoms with Crippen LogP contribution in [0.15, 0.2) is 12.1 Å². The molecular formula is C16H28O5Si. The lowest BCUT2D eigenvalue weighted by Gasteiger charge is -2.29. The van der Waals surface area contributed by atoms with E-state index in [2.05, 4.69) is 0 Å². The standard InChI is InChI=1S/C16H28O5Si/c1-7-19-22(20-8-2,21-9-3)12-14-11-10-13(4)15(17-5)16(14)18-6/h10-11H,7-9,12H2,1-6H3. The molecule has 1 aromatic carbocycles. The van der Waals surface area contributed by atoms with Crippen molar-refractivity contribution in [2.45, 2.75) is 33.7 Å². The molecule has 0 aliphatic rings. The third kappa shape index (κ3) is 4.46. The summed E-state index contributed by atoms with van der Waals surface area (Å²) in [6, 6.07) is 4.59. The van der Waals surface area contributed by atoms with E-state index in [-0.39, 0.29) is 0 Å². The monoisotopic (exact) mass is 328 g/mol. The van der Waals surface area contributed by atoms with Gasteiger partial charge >= 0.3 is 8.80 Å². The molecule has 0 radical (unpaired) electrons. The Kier molecular flexibility index (Phi) is 7.88. The van der Waals surface area contributed by atoms with Gasteiger partial charge in [-0.25, -0.2) is 0 Å². The molecule has 6 heteroatoms. The van der Waals surface area contributed by atoms with Gasteiger partial charge in [-0.15, -0.1) is 0 Å². The van der Waals surface area contributed by atoms with Crippen molar-refractivity contribution in [3.05, 3.63) is 23.3 Å². The predicted molar refractivity (Wildman–Crippen MR) is 88.6 cm³/mol. The van der Waals surface area contributed by atoms with E-state index in [1.54, 1.807) is 14.2 Å². The van der Waals surface area contributed by atoms with E-state index in [0.29, 0.717) is 25.9 Å². The van der Waals surface area contributed by atoms with Crippen LogP contribution in [0.2, 0.25) is 0 Å². The summed E-state index contributed by atoms with van der Waals surface area (Å²) in [7, 11) is 0.518. The van der Waals surface area contributed by atoms with E-state index in [4.69, 9.17) is 22.8 Å². The van der Waals surface area contributed by atoms with Crippen molar-refractivity contribution >= 4 is 8.80 Å². The molecule has 22 heavy (non-hydrogen) atoms. The van der Waals surface area contributed by atoms with Crippen molar-refractivity contribution in [1.29, 1.82) is 0 Å². The van der Waals surface area contributed by atoms with Crippen LogP contribution in [0.4, 0.5) is 0 Å². The van der Waals surface area contributed by atoms with Crippen LogP contribution in [0.1, 0.15) is 31.9 Å². The summed E-state index contributed by atoms with van der Waals surface area (Å²) in [4.78, 5) is 0. The average molecular weight is 328 g/mol. The van der Waals surface area contributed by atoms with Crippen LogP contribution in [0.5, 0.6) is 11.5 Å². The Morgan fingerprint density at radius 3 is 1.73 bits per heavy atom. The van der Waals surface area contributed by atoms with E-state index in [1.807, 2.05) is 39.8 Å². The molecule has 0 saturated heterocycles. The third-order valence-corrected chi connectivity index (χ3v) is 6.30. The Morgan fingerprint density at radius 1 is 0.818 bits per heavy atom. The van der Waals surface area contributed by atoms with Crippen molar-refractivity contribution < 1.29 is 22.8 Å². The van der Waals surface area contributed by atoms with Crippen LogP contribution < -0.4 is 9.47 Å². The van der Waals surface area contributed by atoms with E-state index < -0.39 is 8.80 Å². The van der Waals surface area contributed by atoms with Crippen LogP contribution >= 0.6 is 0 Å². The molecule has 1 aromatic rings. The normalized spacial score (nSPS) is 11.5. The van der Waals surface area contributed by atoms with Crippen molar-refractivity contribution in [3.8, 4) is 11.5 Å². The Labute approximate surface area is 134 Å². The van der Waals surface area contributed by atoms with E-state index in [9.17, 15) is 0 Å². The molecule has 0 aliphatic carbocycles. The molecule has 0 bridgehead atoms. The first-order chi connectivity index (χ1) is 10.6. The number of hydrogen-bond acceptors (Lipinski definition) is 5. The topological polar surface area (TPSA) is 46.2 Å². The van der Waals surface area contributed by atoms with Crippen LogP contribution in [-0.2, 0) is 19.3 Å². The fourth-order valence-electron chi connectivity index (χ4n) is 2.49. The first-order valence-corrected chi connectivity index (χ1v) is 9.62. The van der Waals surface area contributed by atoms with Gasteiger partial charge in [-0.3, -0.25) is 0 Å². The molecule has 0 heterocycles. The van der Waals surface area contributed by atoms with E-state index in [1.165, 1.54) is 0 Å². The second kappa shape index (κ2) is 9.15. The molecule has 126 valence electrons. The summed E-state index contributed by atoms with van der Waals surface area (Å²) in [6.07, 6.45) is 0. The summed E-state index contributed by atoms with van der Waals surface area (Å²) >= 11 is 0.